The van der Waals surface area contributed by atoms with Crippen LogP contribution < -0.4 is 10.1 Å². The van der Waals surface area contributed by atoms with Crippen LogP contribution in [-0.2, 0) is 6.42 Å². The molecule has 0 bridgehead atoms. The van der Waals surface area contributed by atoms with Crippen molar-refractivity contribution in [3.05, 3.63) is 29.8 Å². The molecule has 0 radical (unpaired) electrons. The summed E-state index contributed by atoms with van der Waals surface area (Å²) in [5.74, 6) is 1.62. The van der Waals surface area contributed by atoms with Gasteiger partial charge in [-0.15, -0.1) is 0 Å². The van der Waals surface area contributed by atoms with Crippen molar-refractivity contribution in [2.75, 3.05) is 20.2 Å². The molecule has 1 unspecified atom stereocenters. The molecule has 0 heterocycles. The van der Waals surface area contributed by atoms with Gasteiger partial charge in [0.05, 0.1) is 7.11 Å². The highest BCUT2D eigenvalue weighted by atomic mass is 16.5. The molecule has 1 N–H and O–H groups in total. The van der Waals surface area contributed by atoms with Gasteiger partial charge in [-0.25, -0.2) is 0 Å². The molecule has 1 atom stereocenters. The fraction of sp³-hybridized carbons (Fsp3) is 0.571. The summed E-state index contributed by atoms with van der Waals surface area (Å²) in [7, 11) is 1.71. The summed E-state index contributed by atoms with van der Waals surface area (Å²) in [6, 6.07) is 8.33. The summed E-state index contributed by atoms with van der Waals surface area (Å²) >= 11 is 0. The van der Waals surface area contributed by atoms with E-state index >= 15 is 0 Å². The summed E-state index contributed by atoms with van der Waals surface area (Å²) < 4.78 is 5.22. The van der Waals surface area contributed by atoms with E-state index in [1.807, 2.05) is 6.07 Å². The zero-order valence-corrected chi connectivity index (χ0v) is 10.6. The topological polar surface area (TPSA) is 21.3 Å². The first-order valence-electron chi connectivity index (χ1n) is 6.10. The smallest absolute Gasteiger partial charge is 0.119 e. The van der Waals surface area contributed by atoms with Gasteiger partial charge < -0.3 is 10.1 Å². The van der Waals surface area contributed by atoms with Gasteiger partial charge in [0.2, 0.25) is 0 Å². The standard InChI is InChI=1S/C14H23NO/c1-4-8-15-11-12(2)9-13-6-5-7-14(10-13)16-3/h5-7,10,12,15H,4,8-9,11H2,1-3H3. The molecule has 1 aromatic rings. The Hall–Kier alpha value is -1.02. The number of nitrogens with one attached hydrogen (secondary N) is 1. The Morgan fingerprint density at radius 1 is 1.38 bits per heavy atom. The van der Waals surface area contributed by atoms with Gasteiger partial charge in [0.1, 0.15) is 5.75 Å². The van der Waals surface area contributed by atoms with Gasteiger partial charge in [-0.1, -0.05) is 26.0 Å². The average Bonchev–Trinajstić information content (AvgIpc) is 2.29. The largest absolute Gasteiger partial charge is 0.497 e. The highest BCUT2D eigenvalue weighted by Gasteiger charge is 2.03. The minimum atomic E-state index is 0.665. The zero-order valence-electron chi connectivity index (χ0n) is 10.6. The summed E-state index contributed by atoms with van der Waals surface area (Å²) in [6.45, 7) is 6.68. The molecule has 0 aliphatic heterocycles. The van der Waals surface area contributed by atoms with Crippen molar-refractivity contribution in [2.45, 2.75) is 26.7 Å². The average molecular weight is 221 g/mol. The van der Waals surface area contributed by atoms with Gasteiger partial charge in [-0.3, -0.25) is 0 Å². The molecule has 90 valence electrons. The fourth-order valence-corrected chi connectivity index (χ4v) is 1.80. The molecule has 0 aliphatic rings. The molecule has 0 aromatic heterocycles. The summed E-state index contributed by atoms with van der Waals surface area (Å²) in [5, 5.41) is 3.45. The molecule has 0 aliphatic carbocycles. The van der Waals surface area contributed by atoms with Gasteiger partial charge in [-0.05, 0) is 49.5 Å². The molecule has 0 saturated carbocycles. The van der Waals surface area contributed by atoms with E-state index in [2.05, 4.69) is 37.4 Å². The predicted molar refractivity (Wildman–Crippen MR) is 69.0 cm³/mol. The molecule has 0 saturated heterocycles. The second-order valence-corrected chi connectivity index (χ2v) is 4.36. The zero-order chi connectivity index (χ0) is 11.8. The first-order valence-corrected chi connectivity index (χ1v) is 6.10. The van der Waals surface area contributed by atoms with Crippen molar-refractivity contribution in [1.29, 1.82) is 0 Å². The number of rotatable bonds is 7. The Morgan fingerprint density at radius 3 is 2.88 bits per heavy atom. The lowest BCUT2D eigenvalue weighted by atomic mass is 10.0. The molecule has 1 rings (SSSR count). The van der Waals surface area contributed by atoms with Crippen LogP contribution >= 0.6 is 0 Å². The molecule has 0 spiro atoms. The molecule has 16 heavy (non-hydrogen) atoms. The Labute approximate surface area is 99.0 Å². The number of ether oxygens (including phenoxy) is 1. The van der Waals surface area contributed by atoms with E-state index in [-0.39, 0.29) is 0 Å². The van der Waals surface area contributed by atoms with Crippen LogP contribution in [0.5, 0.6) is 5.75 Å². The normalized spacial score (nSPS) is 12.4. The maximum absolute atomic E-state index is 5.22. The lowest BCUT2D eigenvalue weighted by Gasteiger charge is -2.12. The van der Waals surface area contributed by atoms with Gasteiger partial charge in [0, 0.05) is 0 Å². The van der Waals surface area contributed by atoms with Gasteiger partial charge >= 0.3 is 0 Å². The van der Waals surface area contributed by atoms with Crippen LogP contribution in [0.25, 0.3) is 0 Å². The van der Waals surface area contributed by atoms with Gasteiger partial charge in [0.15, 0.2) is 0 Å². The number of methoxy groups -OCH3 is 1. The quantitative estimate of drug-likeness (QED) is 0.715. The monoisotopic (exact) mass is 221 g/mol. The van der Waals surface area contributed by atoms with E-state index in [4.69, 9.17) is 4.74 Å². The van der Waals surface area contributed by atoms with Crippen molar-refractivity contribution < 1.29 is 4.74 Å². The maximum atomic E-state index is 5.22. The van der Waals surface area contributed by atoms with E-state index < -0.39 is 0 Å². The molecule has 0 fully saturated rings. The Kier molecular flexibility index (Phi) is 5.94. The van der Waals surface area contributed by atoms with Crippen molar-refractivity contribution in [3.63, 3.8) is 0 Å². The van der Waals surface area contributed by atoms with E-state index in [9.17, 15) is 0 Å². The second-order valence-electron chi connectivity index (χ2n) is 4.36. The molecule has 1 aromatic carbocycles. The van der Waals surface area contributed by atoms with Crippen molar-refractivity contribution in [2.24, 2.45) is 5.92 Å². The van der Waals surface area contributed by atoms with E-state index in [1.54, 1.807) is 7.11 Å². The molecule has 0 amide bonds. The predicted octanol–water partition coefficient (Wildman–Crippen LogP) is 2.87. The lowest BCUT2D eigenvalue weighted by molar-refractivity contribution is 0.413. The molecule has 2 heteroatoms. The van der Waals surface area contributed by atoms with Crippen LogP contribution in [0.2, 0.25) is 0 Å². The first kappa shape index (κ1) is 13.0. The van der Waals surface area contributed by atoms with Crippen molar-refractivity contribution >= 4 is 0 Å². The third kappa shape index (κ3) is 4.67. The summed E-state index contributed by atoms with van der Waals surface area (Å²) in [5.41, 5.74) is 1.35. The summed E-state index contributed by atoms with van der Waals surface area (Å²) in [4.78, 5) is 0. The van der Waals surface area contributed by atoms with Gasteiger partial charge in [0.25, 0.3) is 0 Å². The minimum Gasteiger partial charge on any atom is -0.497 e. The van der Waals surface area contributed by atoms with Crippen molar-refractivity contribution in [1.82, 2.24) is 5.32 Å². The van der Waals surface area contributed by atoms with E-state index in [0.717, 1.165) is 25.3 Å². The highest BCUT2D eigenvalue weighted by Crippen LogP contribution is 2.15. The first-order chi connectivity index (χ1) is 7.76. The Bertz CT molecular complexity index is 299. The van der Waals surface area contributed by atoms with Crippen LogP contribution in [0.1, 0.15) is 25.8 Å². The van der Waals surface area contributed by atoms with E-state index in [1.165, 1.54) is 12.0 Å². The molecule has 2 nitrogen and oxygen atoms in total. The van der Waals surface area contributed by atoms with E-state index in [0.29, 0.717) is 5.92 Å². The van der Waals surface area contributed by atoms with Crippen LogP contribution in [-0.4, -0.2) is 20.2 Å². The SMILES string of the molecule is CCCNCC(C)Cc1cccc(OC)c1. The van der Waals surface area contributed by atoms with Crippen LogP contribution in [0.4, 0.5) is 0 Å². The van der Waals surface area contributed by atoms with Crippen LogP contribution in [0, 0.1) is 5.92 Å². The highest BCUT2D eigenvalue weighted by molar-refractivity contribution is 5.28. The minimum absolute atomic E-state index is 0.665. The maximum Gasteiger partial charge on any atom is 0.119 e. The number of benzene rings is 1. The third-order valence-electron chi connectivity index (χ3n) is 2.64. The fourth-order valence-electron chi connectivity index (χ4n) is 1.80. The van der Waals surface area contributed by atoms with Crippen molar-refractivity contribution in [3.8, 4) is 5.75 Å². The number of hydrogen-bond acceptors (Lipinski definition) is 2. The second kappa shape index (κ2) is 7.29. The third-order valence-corrected chi connectivity index (χ3v) is 2.64. The Balaban J connectivity index is 2.39. The Morgan fingerprint density at radius 2 is 2.19 bits per heavy atom. The van der Waals surface area contributed by atoms with Crippen LogP contribution in [0.3, 0.4) is 0 Å². The lowest BCUT2D eigenvalue weighted by Crippen LogP contribution is -2.23. The molecular weight excluding hydrogens is 198 g/mol. The summed E-state index contributed by atoms with van der Waals surface area (Å²) in [6.07, 6.45) is 2.31. The van der Waals surface area contributed by atoms with Crippen LogP contribution in [0.15, 0.2) is 24.3 Å². The number of hydrogen-bond donors (Lipinski definition) is 1. The van der Waals surface area contributed by atoms with Gasteiger partial charge in [-0.2, -0.15) is 0 Å². The molecular formula is C14H23NO.